The van der Waals surface area contributed by atoms with Gasteiger partial charge in [-0.1, -0.05) is 0 Å². The lowest BCUT2D eigenvalue weighted by molar-refractivity contribution is -0.147. The summed E-state index contributed by atoms with van der Waals surface area (Å²) in [6.45, 7) is 3.35. The van der Waals surface area contributed by atoms with Crippen LogP contribution in [0.1, 0.15) is 19.8 Å². The first-order valence-corrected chi connectivity index (χ1v) is 4.12. The minimum absolute atomic E-state index is 0. The number of hydrogen-bond acceptors (Lipinski definition) is 3. The Bertz CT molecular complexity index is 152. The van der Waals surface area contributed by atoms with Gasteiger partial charge < -0.3 is 4.74 Å². The highest BCUT2D eigenvalue weighted by molar-refractivity contribution is 5.85. The third kappa shape index (κ3) is 2.64. The third-order valence-electron chi connectivity index (χ3n) is 2.08. The van der Waals surface area contributed by atoms with Crippen molar-refractivity contribution in [3.05, 3.63) is 0 Å². The molecule has 0 amide bonds. The van der Waals surface area contributed by atoms with Crippen molar-refractivity contribution in [1.82, 2.24) is 4.90 Å². The van der Waals surface area contributed by atoms with E-state index in [9.17, 15) is 4.79 Å². The minimum atomic E-state index is -0.0625. The Balaban J connectivity index is 0.00000121. The second kappa shape index (κ2) is 5.38. The summed E-state index contributed by atoms with van der Waals surface area (Å²) in [4.78, 5) is 13.2. The van der Waals surface area contributed by atoms with Gasteiger partial charge >= 0.3 is 5.97 Å². The van der Waals surface area contributed by atoms with Crippen LogP contribution in [0.5, 0.6) is 0 Å². The lowest BCUT2D eigenvalue weighted by atomic mass is 10.2. The molecule has 0 radical (unpaired) electrons. The van der Waals surface area contributed by atoms with Crippen LogP contribution in [0.25, 0.3) is 0 Å². The maximum Gasteiger partial charge on any atom is 0.323 e. The average molecular weight is 194 g/mol. The molecule has 0 spiro atoms. The predicted molar refractivity (Wildman–Crippen MR) is 49.5 cm³/mol. The van der Waals surface area contributed by atoms with E-state index in [1.807, 2.05) is 14.0 Å². The quantitative estimate of drug-likeness (QED) is 0.615. The summed E-state index contributed by atoms with van der Waals surface area (Å²) in [6, 6.07) is 0.0231. The molecule has 3 nitrogen and oxygen atoms in total. The summed E-state index contributed by atoms with van der Waals surface area (Å²) < 4.78 is 4.92. The van der Waals surface area contributed by atoms with Crippen LogP contribution < -0.4 is 0 Å². The van der Waals surface area contributed by atoms with E-state index in [1.54, 1.807) is 0 Å². The van der Waals surface area contributed by atoms with Gasteiger partial charge in [-0.15, -0.1) is 12.4 Å². The Morgan fingerprint density at radius 1 is 1.67 bits per heavy atom. The van der Waals surface area contributed by atoms with Gasteiger partial charge in [0.25, 0.3) is 0 Å². The van der Waals surface area contributed by atoms with Crippen LogP contribution in [0.2, 0.25) is 0 Å². The zero-order chi connectivity index (χ0) is 8.27. The van der Waals surface area contributed by atoms with Gasteiger partial charge in [-0.25, -0.2) is 0 Å². The molecule has 1 aliphatic heterocycles. The van der Waals surface area contributed by atoms with E-state index >= 15 is 0 Å². The SMILES string of the molecule is CCOC(=O)[C@@H]1CCCN1C.Cl. The van der Waals surface area contributed by atoms with Crippen LogP contribution >= 0.6 is 12.4 Å². The first-order chi connectivity index (χ1) is 5.25. The van der Waals surface area contributed by atoms with Gasteiger partial charge in [0.05, 0.1) is 6.61 Å². The van der Waals surface area contributed by atoms with Gasteiger partial charge in [0.15, 0.2) is 0 Å². The first-order valence-electron chi connectivity index (χ1n) is 4.12. The molecule has 0 aromatic heterocycles. The van der Waals surface area contributed by atoms with E-state index in [0.29, 0.717) is 6.61 Å². The number of halogens is 1. The van der Waals surface area contributed by atoms with Gasteiger partial charge in [-0.2, -0.15) is 0 Å². The fourth-order valence-electron chi connectivity index (χ4n) is 1.45. The van der Waals surface area contributed by atoms with E-state index in [1.165, 1.54) is 0 Å². The summed E-state index contributed by atoms with van der Waals surface area (Å²) >= 11 is 0. The van der Waals surface area contributed by atoms with Crippen molar-refractivity contribution in [3.8, 4) is 0 Å². The summed E-state index contributed by atoms with van der Waals surface area (Å²) in [5.74, 6) is -0.0625. The topological polar surface area (TPSA) is 29.5 Å². The number of carbonyl (C=O) groups is 1. The number of likely N-dealkylation sites (N-methyl/N-ethyl adjacent to an activating group) is 1. The maximum absolute atomic E-state index is 11.2. The third-order valence-corrected chi connectivity index (χ3v) is 2.08. The normalized spacial score (nSPS) is 23.3. The molecule has 0 aliphatic carbocycles. The lowest BCUT2D eigenvalue weighted by Crippen LogP contribution is -2.34. The minimum Gasteiger partial charge on any atom is -0.465 e. The Morgan fingerprint density at radius 2 is 2.33 bits per heavy atom. The molecular weight excluding hydrogens is 178 g/mol. The Hall–Kier alpha value is -0.280. The standard InChI is InChI=1S/C8H15NO2.ClH/c1-3-11-8(10)7-5-4-6-9(7)2;/h7H,3-6H2,1-2H3;1H/t7-;/m0./s1. The van der Waals surface area contributed by atoms with Crippen LogP contribution in [0, 0.1) is 0 Å². The predicted octanol–water partition coefficient (Wildman–Crippen LogP) is 1.07. The summed E-state index contributed by atoms with van der Waals surface area (Å²) in [7, 11) is 1.97. The second-order valence-electron chi connectivity index (χ2n) is 2.89. The van der Waals surface area contributed by atoms with Crippen molar-refractivity contribution in [2.75, 3.05) is 20.2 Å². The van der Waals surface area contributed by atoms with Crippen molar-refractivity contribution in [2.24, 2.45) is 0 Å². The summed E-state index contributed by atoms with van der Waals surface area (Å²) in [5, 5.41) is 0. The van der Waals surface area contributed by atoms with Crippen LogP contribution in [-0.2, 0) is 9.53 Å². The monoisotopic (exact) mass is 193 g/mol. The largest absolute Gasteiger partial charge is 0.465 e. The van der Waals surface area contributed by atoms with Gasteiger partial charge in [-0.05, 0) is 33.4 Å². The lowest BCUT2D eigenvalue weighted by Gasteiger charge is -2.16. The molecule has 4 heteroatoms. The number of nitrogens with zero attached hydrogens (tertiary/aromatic N) is 1. The van der Waals surface area contributed by atoms with E-state index in [0.717, 1.165) is 19.4 Å². The van der Waals surface area contributed by atoms with Gasteiger partial charge in [-0.3, -0.25) is 9.69 Å². The highest BCUT2D eigenvalue weighted by Gasteiger charge is 2.28. The fraction of sp³-hybridized carbons (Fsp3) is 0.875. The molecule has 0 unspecified atom stereocenters. The van der Waals surface area contributed by atoms with Crippen LogP contribution in [0.4, 0.5) is 0 Å². The van der Waals surface area contributed by atoms with E-state index < -0.39 is 0 Å². The highest BCUT2D eigenvalue weighted by Crippen LogP contribution is 2.15. The molecular formula is C8H16ClNO2. The molecule has 0 bridgehead atoms. The molecule has 0 aromatic carbocycles. The maximum atomic E-state index is 11.2. The molecule has 0 saturated carbocycles. The molecule has 1 fully saturated rings. The van der Waals surface area contributed by atoms with E-state index in [4.69, 9.17) is 4.74 Å². The molecule has 12 heavy (non-hydrogen) atoms. The van der Waals surface area contributed by atoms with Crippen molar-refractivity contribution < 1.29 is 9.53 Å². The Kier molecular flexibility index (Phi) is 5.25. The second-order valence-corrected chi connectivity index (χ2v) is 2.89. The number of carbonyl (C=O) groups excluding carboxylic acids is 1. The number of hydrogen-bond donors (Lipinski definition) is 0. The molecule has 1 saturated heterocycles. The number of likely N-dealkylation sites (tertiary alicyclic amines) is 1. The average Bonchev–Trinajstić information content (AvgIpc) is 2.36. The number of rotatable bonds is 2. The molecule has 0 N–H and O–H groups in total. The van der Waals surface area contributed by atoms with Crippen molar-refractivity contribution in [2.45, 2.75) is 25.8 Å². The zero-order valence-corrected chi connectivity index (χ0v) is 8.39. The van der Waals surface area contributed by atoms with Gasteiger partial charge in [0.1, 0.15) is 6.04 Å². The molecule has 0 aromatic rings. The summed E-state index contributed by atoms with van der Waals surface area (Å²) in [5.41, 5.74) is 0. The van der Waals surface area contributed by atoms with Crippen molar-refractivity contribution in [3.63, 3.8) is 0 Å². The van der Waals surface area contributed by atoms with Crippen molar-refractivity contribution >= 4 is 18.4 Å². The zero-order valence-electron chi connectivity index (χ0n) is 7.58. The van der Waals surface area contributed by atoms with E-state index in [-0.39, 0.29) is 24.4 Å². The first kappa shape index (κ1) is 11.7. The van der Waals surface area contributed by atoms with Crippen LogP contribution in [0.3, 0.4) is 0 Å². The molecule has 1 heterocycles. The van der Waals surface area contributed by atoms with Crippen LogP contribution in [0.15, 0.2) is 0 Å². The molecule has 1 aliphatic rings. The Morgan fingerprint density at radius 3 is 2.75 bits per heavy atom. The van der Waals surface area contributed by atoms with Crippen molar-refractivity contribution in [1.29, 1.82) is 0 Å². The smallest absolute Gasteiger partial charge is 0.323 e. The number of esters is 1. The van der Waals surface area contributed by atoms with Gasteiger partial charge in [0, 0.05) is 0 Å². The van der Waals surface area contributed by atoms with Crippen LogP contribution in [-0.4, -0.2) is 37.1 Å². The fourth-order valence-corrected chi connectivity index (χ4v) is 1.45. The Labute approximate surface area is 79.5 Å². The summed E-state index contributed by atoms with van der Waals surface area (Å²) in [6.07, 6.45) is 2.06. The van der Waals surface area contributed by atoms with E-state index in [2.05, 4.69) is 4.90 Å². The molecule has 72 valence electrons. The highest BCUT2D eigenvalue weighted by atomic mass is 35.5. The molecule has 1 rings (SSSR count). The van der Waals surface area contributed by atoms with Gasteiger partial charge in [0.2, 0.25) is 0 Å². The molecule has 1 atom stereocenters. The number of ether oxygens (including phenoxy) is 1.